The van der Waals surface area contributed by atoms with Crippen LogP contribution in [0.4, 0.5) is 0 Å². The van der Waals surface area contributed by atoms with E-state index in [9.17, 15) is 8.42 Å². The zero-order chi connectivity index (χ0) is 15.3. The molecule has 0 amide bonds. The maximum Gasteiger partial charge on any atom is 0.273 e. The van der Waals surface area contributed by atoms with Gasteiger partial charge >= 0.3 is 0 Å². The van der Waals surface area contributed by atoms with E-state index in [1.807, 2.05) is 37.3 Å². The van der Waals surface area contributed by atoms with Gasteiger partial charge in [-0.1, -0.05) is 37.3 Å². The Hall–Kier alpha value is -1.63. The monoisotopic (exact) mass is 308 g/mol. The van der Waals surface area contributed by atoms with E-state index in [0.29, 0.717) is 18.8 Å². The molecule has 114 valence electrons. The molecule has 1 aromatic carbocycles. The van der Waals surface area contributed by atoms with Crippen molar-refractivity contribution in [1.82, 2.24) is 10.0 Å². The van der Waals surface area contributed by atoms with Crippen LogP contribution in [0, 0.1) is 0 Å². The second-order valence-electron chi connectivity index (χ2n) is 4.91. The summed E-state index contributed by atoms with van der Waals surface area (Å²) in [6, 6.07) is 12.9. The van der Waals surface area contributed by atoms with Crippen LogP contribution in [0.25, 0.3) is 0 Å². The zero-order valence-corrected chi connectivity index (χ0v) is 13.0. The molecule has 2 N–H and O–H groups in total. The molecular formula is C15H20N2O3S. The summed E-state index contributed by atoms with van der Waals surface area (Å²) in [5.41, 5.74) is 1.09. The first-order valence-corrected chi connectivity index (χ1v) is 8.29. The summed E-state index contributed by atoms with van der Waals surface area (Å²) in [6.07, 6.45) is 0. The Morgan fingerprint density at radius 1 is 1.14 bits per heavy atom. The standard InChI is InChI=1S/C15H20N2O3S/c1-12(13-6-4-3-5-7-13)10-17-21(18,19)15-9-8-14(20-15)11-16-2/h3-9,12,16-17H,10-11H2,1-2H3. The Morgan fingerprint density at radius 2 is 1.86 bits per heavy atom. The maximum atomic E-state index is 12.2. The fourth-order valence-corrected chi connectivity index (χ4v) is 3.05. The Morgan fingerprint density at radius 3 is 2.52 bits per heavy atom. The Balaban J connectivity index is 2.00. The molecule has 0 aliphatic rings. The summed E-state index contributed by atoms with van der Waals surface area (Å²) in [5, 5.41) is 2.86. The summed E-state index contributed by atoms with van der Waals surface area (Å²) in [7, 11) is -1.83. The molecule has 0 fully saturated rings. The molecule has 2 rings (SSSR count). The van der Waals surface area contributed by atoms with Gasteiger partial charge in [0.1, 0.15) is 5.76 Å². The van der Waals surface area contributed by atoms with E-state index in [-0.39, 0.29) is 11.0 Å². The maximum absolute atomic E-state index is 12.2. The van der Waals surface area contributed by atoms with Gasteiger partial charge in [0, 0.05) is 6.54 Å². The van der Waals surface area contributed by atoms with Crippen LogP contribution in [0.15, 0.2) is 52.0 Å². The molecule has 0 aliphatic heterocycles. The van der Waals surface area contributed by atoms with Crippen molar-refractivity contribution in [2.24, 2.45) is 0 Å². The lowest BCUT2D eigenvalue weighted by Gasteiger charge is -2.12. The lowest BCUT2D eigenvalue weighted by molar-refractivity contribution is 0.404. The third kappa shape index (κ3) is 4.17. The van der Waals surface area contributed by atoms with Crippen LogP contribution in [0.2, 0.25) is 0 Å². The molecule has 2 aromatic rings. The lowest BCUT2D eigenvalue weighted by Crippen LogP contribution is -2.27. The van der Waals surface area contributed by atoms with Crippen molar-refractivity contribution in [3.05, 3.63) is 53.8 Å². The number of sulfonamides is 1. The molecule has 1 unspecified atom stereocenters. The van der Waals surface area contributed by atoms with Crippen LogP contribution in [0.1, 0.15) is 24.2 Å². The summed E-state index contributed by atoms with van der Waals surface area (Å²) in [5.74, 6) is 0.682. The van der Waals surface area contributed by atoms with Gasteiger partial charge < -0.3 is 9.73 Å². The predicted octanol–water partition coefficient (Wildman–Crippen LogP) is 2.08. The van der Waals surface area contributed by atoms with Crippen molar-refractivity contribution in [2.45, 2.75) is 24.5 Å². The molecule has 0 saturated carbocycles. The smallest absolute Gasteiger partial charge is 0.273 e. The molecule has 0 spiro atoms. The molecule has 1 aromatic heterocycles. The van der Waals surface area contributed by atoms with Crippen LogP contribution in [-0.4, -0.2) is 22.0 Å². The van der Waals surface area contributed by atoms with Gasteiger partial charge in [-0.2, -0.15) is 0 Å². The molecule has 1 heterocycles. The average Bonchev–Trinajstić information content (AvgIpc) is 2.96. The SMILES string of the molecule is CNCc1ccc(S(=O)(=O)NCC(C)c2ccccc2)o1. The minimum absolute atomic E-state index is 0.0481. The number of hydrogen-bond donors (Lipinski definition) is 2. The van der Waals surface area contributed by atoms with Crippen LogP contribution < -0.4 is 10.0 Å². The molecule has 6 heteroatoms. The van der Waals surface area contributed by atoms with Crippen LogP contribution in [0.3, 0.4) is 0 Å². The van der Waals surface area contributed by atoms with Gasteiger partial charge in [-0.05, 0) is 30.7 Å². The van der Waals surface area contributed by atoms with Crippen molar-refractivity contribution >= 4 is 10.0 Å². The van der Waals surface area contributed by atoms with E-state index in [1.54, 1.807) is 13.1 Å². The first-order valence-electron chi connectivity index (χ1n) is 6.81. The molecule has 21 heavy (non-hydrogen) atoms. The van der Waals surface area contributed by atoms with Crippen LogP contribution in [-0.2, 0) is 16.6 Å². The molecule has 5 nitrogen and oxygen atoms in total. The zero-order valence-electron chi connectivity index (χ0n) is 12.2. The first-order chi connectivity index (χ1) is 10.0. The summed E-state index contributed by atoms with van der Waals surface area (Å²) < 4.78 is 32.2. The third-order valence-corrected chi connectivity index (χ3v) is 4.50. The number of rotatable bonds is 7. The highest BCUT2D eigenvalue weighted by Crippen LogP contribution is 2.17. The van der Waals surface area contributed by atoms with Gasteiger partial charge in [0.25, 0.3) is 10.0 Å². The third-order valence-electron chi connectivity index (χ3n) is 3.20. The summed E-state index contributed by atoms with van der Waals surface area (Å²) >= 11 is 0. The van der Waals surface area contributed by atoms with E-state index < -0.39 is 10.0 Å². The Bertz CT molecular complexity index is 665. The molecular weight excluding hydrogens is 288 g/mol. The molecule has 0 saturated heterocycles. The van der Waals surface area contributed by atoms with Crippen LogP contribution in [0.5, 0.6) is 0 Å². The number of nitrogens with one attached hydrogen (secondary N) is 2. The normalized spacial score (nSPS) is 13.2. The lowest BCUT2D eigenvalue weighted by atomic mass is 10.0. The van der Waals surface area contributed by atoms with E-state index in [2.05, 4.69) is 10.0 Å². The van der Waals surface area contributed by atoms with Gasteiger partial charge in [-0.3, -0.25) is 0 Å². The van der Waals surface area contributed by atoms with Gasteiger partial charge in [-0.25, -0.2) is 13.1 Å². The first kappa shape index (κ1) is 15.8. The van der Waals surface area contributed by atoms with E-state index in [4.69, 9.17) is 4.42 Å². The Kier molecular flexibility index (Phi) is 5.17. The Labute approximate surface area is 125 Å². The van der Waals surface area contributed by atoms with Gasteiger partial charge in [0.15, 0.2) is 0 Å². The number of furan rings is 1. The van der Waals surface area contributed by atoms with Crippen molar-refractivity contribution in [2.75, 3.05) is 13.6 Å². The van der Waals surface area contributed by atoms with Crippen molar-refractivity contribution in [3.8, 4) is 0 Å². The highest BCUT2D eigenvalue weighted by atomic mass is 32.2. The fraction of sp³-hybridized carbons (Fsp3) is 0.333. The van der Waals surface area contributed by atoms with Crippen molar-refractivity contribution < 1.29 is 12.8 Å². The molecule has 0 bridgehead atoms. The largest absolute Gasteiger partial charge is 0.447 e. The summed E-state index contributed by atoms with van der Waals surface area (Å²) in [6.45, 7) is 2.80. The highest BCUT2D eigenvalue weighted by Gasteiger charge is 2.19. The molecule has 0 radical (unpaired) electrons. The van der Waals surface area contributed by atoms with E-state index >= 15 is 0 Å². The number of hydrogen-bond acceptors (Lipinski definition) is 4. The van der Waals surface area contributed by atoms with E-state index in [1.165, 1.54) is 6.07 Å². The van der Waals surface area contributed by atoms with Crippen molar-refractivity contribution in [1.29, 1.82) is 0 Å². The summed E-state index contributed by atoms with van der Waals surface area (Å²) in [4.78, 5) is 0. The minimum Gasteiger partial charge on any atom is -0.447 e. The van der Waals surface area contributed by atoms with E-state index in [0.717, 1.165) is 5.56 Å². The number of benzene rings is 1. The fourth-order valence-electron chi connectivity index (χ4n) is 1.98. The molecule has 1 atom stereocenters. The average molecular weight is 308 g/mol. The van der Waals surface area contributed by atoms with Crippen molar-refractivity contribution in [3.63, 3.8) is 0 Å². The molecule has 0 aliphatic carbocycles. The highest BCUT2D eigenvalue weighted by molar-refractivity contribution is 7.89. The van der Waals surface area contributed by atoms with Gasteiger partial charge in [0.2, 0.25) is 5.09 Å². The van der Waals surface area contributed by atoms with Gasteiger partial charge in [0.05, 0.1) is 6.54 Å². The quantitative estimate of drug-likeness (QED) is 0.821. The predicted molar refractivity (Wildman–Crippen MR) is 81.5 cm³/mol. The van der Waals surface area contributed by atoms with Crippen LogP contribution >= 0.6 is 0 Å². The topological polar surface area (TPSA) is 71.3 Å². The second kappa shape index (κ2) is 6.89. The second-order valence-corrected chi connectivity index (χ2v) is 6.61. The van der Waals surface area contributed by atoms with Gasteiger partial charge in [-0.15, -0.1) is 0 Å². The minimum atomic E-state index is -3.61.